The van der Waals surface area contributed by atoms with E-state index in [1.165, 1.54) is 16.5 Å². The fourth-order valence-electron chi connectivity index (χ4n) is 2.97. The molecule has 1 aliphatic rings. The Labute approximate surface area is 130 Å². The van der Waals surface area contributed by atoms with Crippen LogP contribution in [0, 0.1) is 16.7 Å². The van der Waals surface area contributed by atoms with Gasteiger partial charge in [-0.05, 0) is 37.1 Å². The number of halogens is 1. The van der Waals surface area contributed by atoms with E-state index in [-0.39, 0.29) is 5.41 Å². The highest BCUT2D eigenvalue weighted by Crippen LogP contribution is 2.50. The van der Waals surface area contributed by atoms with Gasteiger partial charge in [0.15, 0.2) is 0 Å². The number of rotatable bonds is 6. The van der Waals surface area contributed by atoms with Gasteiger partial charge in [0, 0.05) is 47.0 Å². The molecule has 0 amide bonds. The molecule has 0 saturated heterocycles. The van der Waals surface area contributed by atoms with Gasteiger partial charge in [0.1, 0.15) is 0 Å². The maximum Gasteiger partial charge on any atom is 0.0628 e. The lowest BCUT2D eigenvalue weighted by Crippen LogP contribution is -2.12. The first-order valence-corrected chi connectivity index (χ1v) is 7.90. The molecular weight excluding hydrogens is 282 g/mol. The summed E-state index contributed by atoms with van der Waals surface area (Å²) in [6, 6.07) is 8.43. The van der Waals surface area contributed by atoms with Gasteiger partial charge in [0.05, 0.1) is 6.07 Å². The Balaban J connectivity index is 1.97. The monoisotopic (exact) mass is 301 g/mol. The normalized spacial score (nSPS) is 16.0. The van der Waals surface area contributed by atoms with Crippen LogP contribution in [0.4, 0.5) is 0 Å². The zero-order chi connectivity index (χ0) is 14.9. The van der Waals surface area contributed by atoms with Crippen molar-refractivity contribution in [1.82, 2.24) is 9.88 Å². The van der Waals surface area contributed by atoms with Crippen molar-refractivity contribution in [1.29, 1.82) is 5.26 Å². The van der Waals surface area contributed by atoms with E-state index < -0.39 is 0 Å². The third kappa shape index (κ3) is 2.92. The molecule has 3 nitrogen and oxygen atoms in total. The number of hydrogen-bond donors (Lipinski definition) is 1. The van der Waals surface area contributed by atoms with E-state index in [2.05, 4.69) is 35.1 Å². The summed E-state index contributed by atoms with van der Waals surface area (Å²) in [6.07, 6.45) is 5.18. The minimum Gasteiger partial charge on any atom is -0.347 e. The number of nitrogens with zero attached hydrogens (tertiary/aromatic N) is 2. The smallest absolute Gasteiger partial charge is 0.0628 e. The maximum atomic E-state index is 9.01. The van der Waals surface area contributed by atoms with E-state index in [1.54, 1.807) is 0 Å². The quantitative estimate of drug-likeness (QED) is 0.872. The molecule has 3 rings (SSSR count). The van der Waals surface area contributed by atoms with E-state index in [4.69, 9.17) is 16.9 Å². The first-order chi connectivity index (χ1) is 10.2. The molecule has 0 unspecified atom stereocenters. The Bertz CT molecular complexity index is 692. The number of fused-ring (bicyclic) bond motifs is 1. The standard InChI is InChI=1S/C17H20ClN3/c1-2-20-10-13-11-21(12-17(5-6-17)7-8-19)16-9-14(18)3-4-15(13)16/h3-4,9,11,20H,2,5-7,10,12H2,1H3. The summed E-state index contributed by atoms with van der Waals surface area (Å²) in [6.45, 7) is 4.86. The number of hydrogen-bond acceptors (Lipinski definition) is 2. The summed E-state index contributed by atoms with van der Waals surface area (Å²) in [5, 5.41) is 14.4. The van der Waals surface area contributed by atoms with Crippen molar-refractivity contribution < 1.29 is 0 Å². The maximum absolute atomic E-state index is 9.01. The topological polar surface area (TPSA) is 40.8 Å². The second-order valence-electron chi connectivity index (χ2n) is 6.06. The van der Waals surface area contributed by atoms with Gasteiger partial charge in [-0.15, -0.1) is 0 Å². The first kappa shape index (κ1) is 14.4. The number of aromatic nitrogens is 1. The highest BCUT2D eigenvalue weighted by Gasteiger charge is 2.42. The fourth-order valence-corrected chi connectivity index (χ4v) is 3.14. The van der Waals surface area contributed by atoms with Gasteiger partial charge < -0.3 is 9.88 Å². The highest BCUT2D eigenvalue weighted by atomic mass is 35.5. The van der Waals surface area contributed by atoms with E-state index in [9.17, 15) is 0 Å². The van der Waals surface area contributed by atoms with Crippen molar-refractivity contribution in [3.8, 4) is 6.07 Å². The zero-order valence-corrected chi connectivity index (χ0v) is 13.1. The minimum atomic E-state index is 0.193. The lowest BCUT2D eigenvalue weighted by molar-refractivity contribution is 0.439. The summed E-state index contributed by atoms with van der Waals surface area (Å²) in [5.74, 6) is 0. The van der Waals surface area contributed by atoms with Gasteiger partial charge in [-0.1, -0.05) is 24.6 Å². The molecule has 0 aliphatic heterocycles. The Morgan fingerprint density at radius 1 is 1.43 bits per heavy atom. The van der Waals surface area contributed by atoms with E-state index in [0.717, 1.165) is 37.5 Å². The average molecular weight is 302 g/mol. The highest BCUT2D eigenvalue weighted by molar-refractivity contribution is 6.31. The molecule has 1 N–H and O–H groups in total. The summed E-state index contributed by atoms with van der Waals surface area (Å²) in [4.78, 5) is 0. The molecule has 0 bridgehead atoms. The van der Waals surface area contributed by atoms with Crippen molar-refractivity contribution in [3.63, 3.8) is 0 Å². The number of nitrogens with one attached hydrogen (secondary N) is 1. The largest absolute Gasteiger partial charge is 0.347 e. The second kappa shape index (κ2) is 5.71. The molecule has 2 aromatic rings. The Morgan fingerprint density at radius 3 is 2.90 bits per heavy atom. The van der Waals surface area contributed by atoms with E-state index >= 15 is 0 Å². The Morgan fingerprint density at radius 2 is 2.24 bits per heavy atom. The molecule has 1 saturated carbocycles. The number of nitriles is 1. The van der Waals surface area contributed by atoms with Crippen molar-refractivity contribution in [2.45, 2.75) is 39.3 Å². The van der Waals surface area contributed by atoms with Crippen LogP contribution in [0.2, 0.25) is 5.02 Å². The van der Waals surface area contributed by atoms with E-state index in [0.29, 0.717) is 6.42 Å². The molecule has 1 aliphatic carbocycles. The minimum absolute atomic E-state index is 0.193. The van der Waals surface area contributed by atoms with Gasteiger partial charge in [0.2, 0.25) is 0 Å². The second-order valence-corrected chi connectivity index (χ2v) is 6.50. The van der Waals surface area contributed by atoms with Crippen molar-refractivity contribution in [2.75, 3.05) is 6.54 Å². The molecule has 110 valence electrons. The molecule has 0 atom stereocenters. The summed E-state index contributed by atoms with van der Waals surface area (Å²) < 4.78 is 2.29. The molecule has 0 spiro atoms. The van der Waals surface area contributed by atoms with Crippen LogP contribution in [-0.2, 0) is 13.1 Å². The van der Waals surface area contributed by atoms with Crippen LogP contribution in [0.5, 0.6) is 0 Å². The van der Waals surface area contributed by atoms with Crippen LogP contribution >= 0.6 is 11.6 Å². The molecule has 1 aromatic carbocycles. The molecule has 4 heteroatoms. The van der Waals surface area contributed by atoms with Crippen LogP contribution in [0.15, 0.2) is 24.4 Å². The molecule has 0 radical (unpaired) electrons. The zero-order valence-electron chi connectivity index (χ0n) is 12.3. The van der Waals surface area contributed by atoms with Gasteiger partial charge >= 0.3 is 0 Å². The summed E-state index contributed by atoms with van der Waals surface area (Å²) in [7, 11) is 0. The summed E-state index contributed by atoms with van der Waals surface area (Å²) >= 11 is 6.17. The van der Waals surface area contributed by atoms with Gasteiger partial charge in [-0.2, -0.15) is 5.26 Å². The predicted octanol–water partition coefficient (Wildman–Crippen LogP) is 4.10. The van der Waals surface area contributed by atoms with Crippen molar-refractivity contribution in [3.05, 3.63) is 35.0 Å². The van der Waals surface area contributed by atoms with Crippen LogP contribution in [0.3, 0.4) is 0 Å². The van der Waals surface area contributed by atoms with Crippen LogP contribution < -0.4 is 5.32 Å². The lowest BCUT2D eigenvalue weighted by atomic mass is 10.0. The SMILES string of the molecule is CCNCc1cn(CC2(CC#N)CC2)c2cc(Cl)ccc12. The van der Waals surface area contributed by atoms with Crippen LogP contribution in [0.1, 0.15) is 31.7 Å². The lowest BCUT2D eigenvalue weighted by Gasteiger charge is -2.13. The van der Waals surface area contributed by atoms with Crippen LogP contribution in [0.25, 0.3) is 10.9 Å². The van der Waals surface area contributed by atoms with Gasteiger partial charge in [0.25, 0.3) is 0 Å². The van der Waals surface area contributed by atoms with Crippen LogP contribution in [-0.4, -0.2) is 11.1 Å². The third-order valence-corrected chi connectivity index (χ3v) is 4.64. The Hall–Kier alpha value is -1.50. The van der Waals surface area contributed by atoms with Gasteiger partial charge in [-0.3, -0.25) is 0 Å². The molecule has 21 heavy (non-hydrogen) atoms. The van der Waals surface area contributed by atoms with Crippen molar-refractivity contribution in [2.24, 2.45) is 5.41 Å². The molecule has 1 aromatic heterocycles. The average Bonchev–Trinajstić information content (AvgIpc) is 3.14. The molecular formula is C17H20ClN3. The number of benzene rings is 1. The first-order valence-electron chi connectivity index (χ1n) is 7.52. The summed E-state index contributed by atoms with van der Waals surface area (Å²) in [5.41, 5.74) is 2.68. The molecule has 1 fully saturated rings. The van der Waals surface area contributed by atoms with E-state index in [1.807, 2.05) is 12.1 Å². The fraction of sp³-hybridized carbons (Fsp3) is 0.471. The third-order valence-electron chi connectivity index (χ3n) is 4.41. The van der Waals surface area contributed by atoms with Crippen molar-refractivity contribution >= 4 is 22.5 Å². The van der Waals surface area contributed by atoms with Gasteiger partial charge in [-0.25, -0.2) is 0 Å². The Kier molecular flexibility index (Phi) is 3.93. The predicted molar refractivity (Wildman–Crippen MR) is 86.2 cm³/mol. The molecule has 1 heterocycles.